The van der Waals surface area contributed by atoms with Gasteiger partial charge in [-0.1, -0.05) is 0 Å². The number of hydrogen-bond acceptors (Lipinski definition) is 4. The minimum atomic E-state index is -0.0908. The first kappa shape index (κ1) is 15.4. The molecule has 2 N–H and O–H groups in total. The third-order valence-electron chi connectivity index (χ3n) is 2.36. The number of carbonyl (C=O) groups is 1. The number of hydrogen-bond donors (Lipinski definition) is 2. The van der Waals surface area contributed by atoms with E-state index in [2.05, 4.69) is 36.4 Å². The van der Waals surface area contributed by atoms with E-state index in [4.69, 9.17) is 0 Å². The van der Waals surface area contributed by atoms with Crippen molar-refractivity contribution in [3.63, 3.8) is 0 Å². The molecule has 0 atom stereocenters. The van der Waals surface area contributed by atoms with Crippen molar-refractivity contribution in [1.29, 1.82) is 0 Å². The Balaban J connectivity index is 2.63. The Morgan fingerprint density at radius 2 is 2.00 bits per heavy atom. The minimum Gasteiger partial charge on any atom is -0.379 e. The monoisotopic (exact) mass is 264 g/mol. The van der Waals surface area contributed by atoms with Gasteiger partial charge in [0.15, 0.2) is 0 Å². The van der Waals surface area contributed by atoms with Gasteiger partial charge in [-0.05, 0) is 40.9 Å². The van der Waals surface area contributed by atoms with Crippen molar-refractivity contribution in [2.75, 3.05) is 32.5 Å². The maximum absolute atomic E-state index is 11.9. The van der Waals surface area contributed by atoms with Gasteiger partial charge in [0.2, 0.25) is 0 Å². The molecule has 19 heavy (non-hydrogen) atoms. The number of carbonyl (C=O) groups excluding carboxylic acids is 1. The van der Waals surface area contributed by atoms with Gasteiger partial charge < -0.3 is 15.5 Å². The molecule has 0 spiro atoms. The quantitative estimate of drug-likeness (QED) is 0.848. The van der Waals surface area contributed by atoms with Crippen LogP contribution in [0.1, 0.15) is 31.1 Å². The third-order valence-corrected chi connectivity index (χ3v) is 2.36. The number of nitrogens with one attached hydrogen (secondary N) is 2. The number of anilines is 1. The van der Waals surface area contributed by atoms with Crippen molar-refractivity contribution in [1.82, 2.24) is 15.2 Å². The van der Waals surface area contributed by atoms with Crippen LogP contribution in [0.25, 0.3) is 0 Å². The van der Waals surface area contributed by atoms with E-state index in [0.717, 1.165) is 12.2 Å². The summed E-state index contributed by atoms with van der Waals surface area (Å²) in [7, 11) is 3.95. The fraction of sp³-hybridized carbons (Fsp3) is 0.571. The summed E-state index contributed by atoms with van der Waals surface area (Å²) in [4.78, 5) is 18.1. The normalized spacial score (nSPS) is 11.5. The average Bonchev–Trinajstić information content (AvgIpc) is 2.26. The zero-order chi connectivity index (χ0) is 14.5. The molecule has 106 valence electrons. The van der Waals surface area contributed by atoms with E-state index in [-0.39, 0.29) is 11.4 Å². The highest BCUT2D eigenvalue weighted by atomic mass is 16.1. The molecule has 0 saturated carbocycles. The molecule has 0 unspecified atom stereocenters. The van der Waals surface area contributed by atoms with E-state index >= 15 is 0 Å². The van der Waals surface area contributed by atoms with E-state index in [1.165, 1.54) is 0 Å². The summed E-state index contributed by atoms with van der Waals surface area (Å²) in [6, 6.07) is 1.82. The van der Waals surface area contributed by atoms with Crippen LogP contribution in [0.15, 0.2) is 18.5 Å². The number of likely N-dealkylation sites (N-methyl/N-ethyl adjacent to an activating group) is 1. The maximum Gasteiger partial charge on any atom is 0.252 e. The van der Waals surface area contributed by atoms with Crippen molar-refractivity contribution >= 4 is 11.6 Å². The van der Waals surface area contributed by atoms with Crippen LogP contribution in [0.2, 0.25) is 0 Å². The van der Waals surface area contributed by atoms with Crippen LogP contribution in [-0.4, -0.2) is 48.5 Å². The number of amides is 1. The van der Waals surface area contributed by atoms with Crippen molar-refractivity contribution < 1.29 is 4.79 Å². The Morgan fingerprint density at radius 1 is 1.32 bits per heavy atom. The van der Waals surface area contributed by atoms with Gasteiger partial charge in [0.1, 0.15) is 0 Å². The molecule has 1 amide bonds. The lowest BCUT2D eigenvalue weighted by molar-refractivity contribution is 0.0950. The molecule has 1 aromatic rings. The highest BCUT2D eigenvalue weighted by Crippen LogP contribution is 2.14. The van der Waals surface area contributed by atoms with Crippen LogP contribution in [0.3, 0.4) is 0 Å². The number of rotatable bonds is 5. The molecule has 0 radical (unpaired) electrons. The first-order chi connectivity index (χ1) is 8.78. The topological polar surface area (TPSA) is 57.3 Å². The molecule has 0 aliphatic rings. The van der Waals surface area contributed by atoms with Gasteiger partial charge in [0.25, 0.3) is 5.91 Å². The Labute approximate surface area is 115 Å². The van der Waals surface area contributed by atoms with Gasteiger partial charge in [-0.3, -0.25) is 9.78 Å². The maximum atomic E-state index is 11.9. The molecule has 0 fully saturated rings. The van der Waals surface area contributed by atoms with Crippen molar-refractivity contribution in [2.24, 2.45) is 0 Å². The van der Waals surface area contributed by atoms with E-state index in [9.17, 15) is 4.79 Å². The Kier molecular flexibility index (Phi) is 5.30. The van der Waals surface area contributed by atoms with E-state index in [1.54, 1.807) is 12.4 Å². The summed E-state index contributed by atoms with van der Waals surface area (Å²) in [5.41, 5.74) is 1.38. The first-order valence-electron chi connectivity index (χ1n) is 6.44. The van der Waals surface area contributed by atoms with Crippen molar-refractivity contribution in [3.05, 3.63) is 24.0 Å². The summed E-state index contributed by atoms with van der Waals surface area (Å²) in [5, 5.41) is 6.17. The molecular weight excluding hydrogens is 240 g/mol. The van der Waals surface area contributed by atoms with Gasteiger partial charge in [-0.2, -0.15) is 0 Å². The molecule has 1 aromatic heterocycles. The summed E-state index contributed by atoms with van der Waals surface area (Å²) >= 11 is 0. The molecule has 1 heterocycles. The molecule has 0 aromatic carbocycles. The lowest BCUT2D eigenvalue weighted by atomic mass is 10.1. The number of aromatic nitrogens is 1. The number of pyridine rings is 1. The highest BCUT2D eigenvalue weighted by molar-refractivity contribution is 5.94. The second-order valence-electron chi connectivity index (χ2n) is 5.90. The fourth-order valence-corrected chi connectivity index (χ4v) is 1.56. The van der Waals surface area contributed by atoms with Crippen LogP contribution >= 0.6 is 0 Å². The van der Waals surface area contributed by atoms with Gasteiger partial charge in [0.05, 0.1) is 11.3 Å². The molecule has 1 rings (SSSR count). The van der Waals surface area contributed by atoms with Gasteiger partial charge in [-0.15, -0.1) is 0 Å². The SMILES string of the molecule is CN(C)CCNC(=O)c1cncc(NC(C)(C)C)c1. The fourth-order valence-electron chi connectivity index (χ4n) is 1.56. The zero-order valence-electron chi connectivity index (χ0n) is 12.4. The van der Waals surface area contributed by atoms with E-state index in [0.29, 0.717) is 12.1 Å². The number of nitrogens with zero attached hydrogens (tertiary/aromatic N) is 2. The minimum absolute atomic E-state index is 0.0539. The van der Waals surface area contributed by atoms with Crippen molar-refractivity contribution in [3.8, 4) is 0 Å². The second-order valence-corrected chi connectivity index (χ2v) is 5.90. The predicted octanol–water partition coefficient (Wildman–Crippen LogP) is 1.58. The molecule has 5 nitrogen and oxygen atoms in total. The average molecular weight is 264 g/mol. The Hall–Kier alpha value is -1.62. The first-order valence-corrected chi connectivity index (χ1v) is 6.44. The Bertz CT molecular complexity index is 424. The standard InChI is InChI=1S/C14H24N4O/c1-14(2,3)17-12-8-11(9-15-10-12)13(19)16-6-7-18(4)5/h8-10,17H,6-7H2,1-5H3,(H,16,19). The third kappa shape index (κ3) is 6.20. The molecule has 0 saturated heterocycles. The summed E-state index contributed by atoms with van der Waals surface area (Å²) in [5.74, 6) is -0.0908. The molecule has 0 aliphatic heterocycles. The van der Waals surface area contributed by atoms with E-state index in [1.807, 2.05) is 25.1 Å². The van der Waals surface area contributed by atoms with Gasteiger partial charge in [0, 0.05) is 31.0 Å². The molecule has 5 heteroatoms. The van der Waals surface area contributed by atoms with Crippen LogP contribution in [0, 0.1) is 0 Å². The van der Waals surface area contributed by atoms with Gasteiger partial charge in [-0.25, -0.2) is 0 Å². The largest absolute Gasteiger partial charge is 0.379 e. The van der Waals surface area contributed by atoms with Crippen LogP contribution in [0.5, 0.6) is 0 Å². The zero-order valence-corrected chi connectivity index (χ0v) is 12.4. The van der Waals surface area contributed by atoms with Crippen LogP contribution < -0.4 is 10.6 Å². The molecule has 0 aliphatic carbocycles. The van der Waals surface area contributed by atoms with Crippen LogP contribution in [0.4, 0.5) is 5.69 Å². The second kappa shape index (κ2) is 6.52. The summed E-state index contributed by atoms with van der Waals surface area (Å²) in [6.45, 7) is 7.65. The van der Waals surface area contributed by atoms with E-state index < -0.39 is 0 Å². The summed E-state index contributed by atoms with van der Waals surface area (Å²) < 4.78 is 0. The van der Waals surface area contributed by atoms with Crippen molar-refractivity contribution in [2.45, 2.75) is 26.3 Å². The lowest BCUT2D eigenvalue weighted by Gasteiger charge is -2.22. The summed E-state index contributed by atoms with van der Waals surface area (Å²) in [6.07, 6.45) is 3.31. The molecular formula is C14H24N4O. The van der Waals surface area contributed by atoms with Gasteiger partial charge >= 0.3 is 0 Å². The lowest BCUT2D eigenvalue weighted by Crippen LogP contribution is -2.31. The smallest absolute Gasteiger partial charge is 0.252 e. The molecule has 0 bridgehead atoms. The van der Waals surface area contributed by atoms with Crippen LogP contribution in [-0.2, 0) is 0 Å². The predicted molar refractivity (Wildman–Crippen MR) is 78.5 cm³/mol. The highest BCUT2D eigenvalue weighted by Gasteiger charge is 2.11. The Morgan fingerprint density at radius 3 is 2.58 bits per heavy atom.